The number of hydrogen-bond donors (Lipinski definition) is 1. The van der Waals surface area contributed by atoms with Crippen LogP contribution in [0, 0.1) is 11.8 Å². The molecule has 0 radical (unpaired) electrons. The third-order valence-corrected chi connectivity index (χ3v) is 10.9. The van der Waals surface area contributed by atoms with Crippen LogP contribution in [0.5, 0.6) is 0 Å². The summed E-state index contributed by atoms with van der Waals surface area (Å²) in [6.07, 6.45) is 8.57. The maximum Gasteiger partial charge on any atom is 0.247 e. The maximum absolute atomic E-state index is 14.4. The van der Waals surface area contributed by atoms with E-state index >= 15 is 0 Å². The van der Waals surface area contributed by atoms with Crippen molar-refractivity contribution < 1.29 is 24.2 Å². The summed E-state index contributed by atoms with van der Waals surface area (Å²) in [6.45, 7) is 7.55. The Kier molecular flexibility index (Phi) is 7.54. The number of para-hydroxylation sites is 1. The lowest BCUT2D eigenvalue weighted by Crippen LogP contribution is -2.54. The summed E-state index contributed by atoms with van der Waals surface area (Å²) in [4.78, 5) is 50.6. The molecular weight excluding hydrogens is 528 g/mol. The van der Waals surface area contributed by atoms with Crippen LogP contribution in [-0.4, -0.2) is 119 Å². The van der Waals surface area contributed by atoms with E-state index < -0.39 is 27.4 Å². The number of anilines is 1. The number of aliphatic hydroxyl groups is 1. The number of amides is 3. The van der Waals surface area contributed by atoms with Crippen molar-refractivity contribution in [1.82, 2.24) is 14.7 Å². The van der Waals surface area contributed by atoms with E-state index in [-0.39, 0.29) is 30.9 Å². The second kappa shape index (κ2) is 11.0. The van der Waals surface area contributed by atoms with E-state index in [0.717, 1.165) is 25.3 Å². The van der Waals surface area contributed by atoms with Gasteiger partial charge in [-0.05, 0) is 25.5 Å². The lowest BCUT2D eigenvalue weighted by Gasteiger charge is -2.37. The maximum atomic E-state index is 14.4. The minimum Gasteiger partial charge on any atom is -0.396 e. The monoisotopic (exact) mass is 566 g/mol. The number of fused-ring (bicyclic) bond motifs is 2. The van der Waals surface area contributed by atoms with E-state index in [0.29, 0.717) is 39.3 Å². The van der Waals surface area contributed by atoms with Crippen molar-refractivity contribution in [3.63, 3.8) is 0 Å². The SMILES string of the molecule is C[C@]12C=CCN(c3ccccc3)C(=O)[C@H]1[C@H]1C(=O)N(CCCO)C3C(=O)N(CCN4CCOCC4)CC=C[C@@]31S2. The Morgan fingerprint density at radius 1 is 0.925 bits per heavy atom. The van der Waals surface area contributed by atoms with Crippen molar-refractivity contribution in [2.45, 2.75) is 28.9 Å². The van der Waals surface area contributed by atoms with Gasteiger partial charge in [0.15, 0.2) is 0 Å². The van der Waals surface area contributed by atoms with Crippen molar-refractivity contribution in [1.29, 1.82) is 0 Å². The number of carbonyl (C=O) groups is 3. The highest BCUT2D eigenvalue weighted by Gasteiger charge is 2.73. The molecule has 40 heavy (non-hydrogen) atoms. The molecule has 3 fully saturated rings. The second-order valence-corrected chi connectivity index (χ2v) is 13.2. The summed E-state index contributed by atoms with van der Waals surface area (Å²) in [6, 6.07) is 8.85. The number of benzene rings is 1. The Morgan fingerprint density at radius 3 is 2.42 bits per heavy atom. The highest BCUT2D eigenvalue weighted by Crippen LogP contribution is 2.65. The van der Waals surface area contributed by atoms with E-state index in [1.54, 1.807) is 21.6 Å². The molecule has 1 N–H and O–H groups in total. The Bertz CT molecular complexity index is 1200. The minimum atomic E-state index is -0.865. The summed E-state index contributed by atoms with van der Waals surface area (Å²) in [5.74, 6) is -1.62. The number of likely N-dealkylation sites (tertiary alicyclic amines) is 1. The molecule has 5 aliphatic heterocycles. The predicted octanol–water partition coefficient (Wildman–Crippen LogP) is 1.39. The number of carbonyl (C=O) groups excluding carboxylic acids is 3. The van der Waals surface area contributed by atoms with Gasteiger partial charge in [-0.15, -0.1) is 11.8 Å². The van der Waals surface area contributed by atoms with Crippen LogP contribution in [0.25, 0.3) is 0 Å². The molecule has 1 aromatic carbocycles. The van der Waals surface area contributed by atoms with E-state index in [9.17, 15) is 19.5 Å². The van der Waals surface area contributed by atoms with Crippen molar-refractivity contribution >= 4 is 35.2 Å². The average molecular weight is 567 g/mol. The minimum absolute atomic E-state index is 0.0727. The average Bonchev–Trinajstić information content (AvgIpc) is 3.23. The van der Waals surface area contributed by atoms with E-state index in [1.807, 2.05) is 54.3 Å². The summed E-state index contributed by atoms with van der Waals surface area (Å²) in [5.41, 5.74) is 0.799. The van der Waals surface area contributed by atoms with Crippen LogP contribution in [0.3, 0.4) is 0 Å². The van der Waals surface area contributed by atoms with Gasteiger partial charge in [0.25, 0.3) is 0 Å². The third kappa shape index (κ3) is 4.49. The van der Waals surface area contributed by atoms with Crippen LogP contribution >= 0.6 is 11.8 Å². The fourth-order valence-electron chi connectivity index (χ4n) is 7.18. The number of nitrogens with zero attached hydrogens (tertiary/aromatic N) is 4. The first-order valence-corrected chi connectivity index (χ1v) is 15.1. The van der Waals surface area contributed by atoms with Crippen LogP contribution in [0.4, 0.5) is 5.69 Å². The van der Waals surface area contributed by atoms with Crippen LogP contribution < -0.4 is 4.90 Å². The van der Waals surface area contributed by atoms with Crippen molar-refractivity contribution in [2.24, 2.45) is 11.8 Å². The molecule has 3 amide bonds. The lowest BCUT2D eigenvalue weighted by molar-refractivity contribution is -0.143. The van der Waals surface area contributed by atoms with Gasteiger partial charge in [0.2, 0.25) is 17.7 Å². The van der Waals surface area contributed by atoms with Crippen molar-refractivity contribution in [2.75, 3.05) is 70.5 Å². The summed E-state index contributed by atoms with van der Waals surface area (Å²) in [7, 11) is 0. The second-order valence-electron chi connectivity index (χ2n) is 11.4. The summed E-state index contributed by atoms with van der Waals surface area (Å²) in [5, 5.41) is 9.64. The molecule has 3 saturated heterocycles. The van der Waals surface area contributed by atoms with Gasteiger partial charge in [0.1, 0.15) is 6.04 Å². The number of hydrogen-bond acceptors (Lipinski definition) is 7. The number of aliphatic hydroxyl groups excluding tert-OH is 1. The highest BCUT2D eigenvalue weighted by molar-refractivity contribution is 8.02. The molecule has 0 saturated carbocycles. The molecule has 1 aromatic rings. The molecule has 0 bridgehead atoms. The third-order valence-electron chi connectivity index (χ3n) is 9.06. The molecular formula is C30H38N4O5S. The molecule has 1 spiro atoms. The normalized spacial score (nSPS) is 34.1. The molecule has 9 nitrogen and oxygen atoms in total. The van der Waals surface area contributed by atoms with Gasteiger partial charge in [-0.1, -0.05) is 42.5 Å². The molecule has 0 aromatic heterocycles. The van der Waals surface area contributed by atoms with Gasteiger partial charge in [0.05, 0.1) is 29.8 Å². The van der Waals surface area contributed by atoms with Gasteiger partial charge in [-0.25, -0.2) is 0 Å². The van der Waals surface area contributed by atoms with Crippen molar-refractivity contribution in [3.05, 3.63) is 54.6 Å². The Labute approximate surface area is 239 Å². The Balaban J connectivity index is 1.36. The lowest BCUT2D eigenvalue weighted by atomic mass is 9.74. The summed E-state index contributed by atoms with van der Waals surface area (Å²) < 4.78 is 3.96. The van der Waals surface area contributed by atoms with E-state index in [4.69, 9.17) is 4.74 Å². The number of thioether (sulfide) groups is 1. The number of ether oxygens (including phenoxy) is 1. The molecule has 214 valence electrons. The van der Waals surface area contributed by atoms with E-state index in [2.05, 4.69) is 17.1 Å². The van der Waals surface area contributed by atoms with Gasteiger partial charge < -0.3 is 24.5 Å². The molecule has 10 heteroatoms. The quantitative estimate of drug-likeness (QED) is 0.499. The highest BCUT2D eigenvalue weighted by atomic mass is 32.2. The van der Waals surface area contributed by atoms with Crippen LogP contribution in [0.2, 0.25) is 0 Å². The zero-order chi connectivity index (χ0) is 27.9. The topological polar surface area (TPSA) is 93.6 Å². The molecule has 6 rings (SSSR count). The Morgan fingerprint density at radius 2 is 1.68 bits per heavy atom. The fraction of sp³-hybridized carbons (Fsp3) is 0.567. The van der Waals surface area contributed by atoms with Gasteiger partial charge >= 0.3 is 0 Å². The van der Waals surface area contributed by atoms with Crippen LogP contribution in [0.1, 0.15) is 13.3 Å². The van der Waals surface area contributed by atoms with Crippen LogP contribution in [0.15, 0.2) is 54.6 Å². The first-order chi connectivity index (χ1) is 19.4. The first-order valence-electron chi connectivity index (χ1n) is 14.3. The Hall–Kier alpha value is -2.66. The van der Waals surface area contributed by atoms with Gasteiger partial charge in [-0.3, -0.25) is 19.3 Å². The molecule has 5 heterocycles. The fourth-order valence-corrected chi connectivity index (χ4v) is 9.33. The molecule has 1 unspecified atom stereocenters. The van der Waals surface area contributed by atoms with Crippen molar-refractivity contribution in [3.8, 4) is 0 Å². The zero-order valence-electron chi connectivity index (χ0n) is 23.0. The molecule has 5 aliphatic rings. The largest absolute Gasteiger partial charge is 0.396 e. The van der Waals surface area contributed by atoms with Gasteiger partial charge in [0, 0.05) is 62.9 Å². The summed E-state index contributed by atoms with van der Waals surface area (Å²) >= 11 is 1.60. The van der Waals surface area contributed by atoms with Crippen LogP contribution in [-0.2, 0) is 19.1 Å². The smallest absolute Gasteiger partial charge is 0.247 e. The molecule has 5 atom stereocenters. The van der Waals surface area contributed by atoms with E-state index in [1.165, 1.54) is 0 Å². The molecule has 0 aliphatic carbocycles. The number of morpholine rings is 1. The zero-order valence-corrected chi connectivity index (χ0v) is 23.8. The first kappa shape index (κ1) is 27.5. The standard InChI is InChI=1S/C30H38N4O5S/c1-29-10-5-13-33(22-8-3-2-4-9-22)26(36)23(29)24-27(37)34(14-7-19-35)25-28(38)32(12-6-11-30(24,25)40-29)16-15-31-17-20-39-21-18-31/h2-6,8-11,23-25,35H,7,12-21H2,1H3/t23-,24+,25?,29+,30+/m1/s1. The number of rotatable bonds is 7. The predicted molar refractivity (Wildman–Crippen MR) is 154 cm³/mol. The van der Waals surface area contributed by atoms with Gasteiger partial charge in [-0.2, -0.15) is 0 Å².